The molecule has 4 heteroatoms. The zero-order chi connectivity index (χ0) is 16.2. The molecule has 23 heavy (non-hydrogen) atoms. The lowest BCUT2D eigenvalue weighted by atomic mass is 9.90. The first kappa shape index (κ1) is 15.6. The van der Waals surface area contributed by atoms with Crippen LogP contribution in [0.25, 0.3) is 5.57 Å². The summed E-state index contributed by atoms with van der Waals surface area (Å²) in [5.74, 6) is -0.157. The van der Waals surface area contributed by atoms with Crippen LogP contribution in [0.3, 0.4) is 0 Å². The minimum Gasteiger partial charge on any atom is -0.294 e. The number of pyridine rings is 1. The maximum atomic E-state index is 12.4. The fraction of sp³-hybridized carbons (Fsp3) is 0.211. The van der Waals surface area contributed by atoms with Gasteiger partial charge in [0.25, 0.3) is 0 Å². The van der Waals surface area contributed by atoms with Crippen LogP contribution >= 0.6 is 11.3 Å². The van der Waals surface area contributed by atoms with Gasteiger partial charge in [0.1, 0.15) is 0 Å². The third-order valence-electron chi connectivity index (χ3n) is 3.82. The first-order chi connectivity index (χ1) is 11.1. The Morgan fingerprint density at radius 1 is 1.22 bits per heavy atom. The number of aromatic nitrogens is 1. The van der Waals surface area contributed by atoms with Crippen LogP contribution in [-0.4, -0.2) is 16.6 Å². The summed E-state index contributed by atoms with van der Waals surface area (Å²) in [7, 11) is 0. The highest BCUT2D eigenvalue weighted by Gasteiger charge is 2.21. The minimum atomic E-state index is -0.0878. The Morgan fingerprint density at radius 3 is 2.70 bits per heavy atom. The van der Waals surface area contributed by atoms with Gasteiger partial charge in [-0.05, 0) is 54.8 Å². The quantitative estimate of drug-likeness (QED) is 0.783. The number of Topliss-reactive ketones (excluding diaryl/α,β-unsaturated/α-hetero) is 2. The van der Waals surface area contributed by atoms with Gasteiger partial charge in [-0.25, -0.2) is 0 Å². The molecule has 3 nitrogen and oxygen atoms in total. The summed E-state index contributed by atoms with van der Waals surface area (Å²) in [4.78, 5) is 30.9. The van der Waals surface area contributed by atoms with Crippen molar-refractivity contribution in [2.45, 2.75) is 26.2 Å². The molecule has 1 aliphatic carbocycles. The zero-order valence-electron chi connectivity index (χ0n) is 12.9. The molecule has 2 aromatic rings. The second-order valence-electron chi connectivity index (χ2n) is 5.52. The Kier molecular flexibility index (Phi) is 4.63. The molecule has 1 aliphatic rings. The average Bonchev–Trinajstić information content (AvgIpc) is 2.99. The molecule has 0 aliphatic heterocycles. The van der Waals surface area contributed by atoms with Crippen LogP contribution in [0.15, 0.2) is 54.4 Å². The molecule has 0 atom stereocenters. The lowest BCUT2D eigenvalue weighted by Crippen LogP contribution is -2.15. The third kappa shape index (κ3) is 3.71. The van der Waals surface area contributed by atoms with E-state index in [1.807, 2.05) is 24.3 Å². The number of nitrogens with zero attached hydrogens (tertiary/aromatic N) is 1. The number of carbonyl (C=O) groups excluding carboxylic acids is 2. The van der Waals surface area contributed by atoms with Crippen molar-refractivity contribution >= 4 is 28.5 Å². The predicted octanol–water partition coefficient (Wildman–Crippen LogP) is 3.94. The number of allylic oxidation sites excluding steroid dienone is 4. The molecular formula is C19H17NO2S. The molecule has 0 unspecified atom stereocenters. The van der Waals surface area contributed by atoms with Crippen LogP contribution in [-0.2, 0) is 16.0 Å². The van der Waals surface area contributed by atoms with Crippen molar-refractivity contribution in [3.63, 3.8) is 0 Å². The molecule has 2 aromatic heterocycles. The molecule has 0 aromatic carbocycles. The van der Waals surface area contributed by atoms with E-state index >= 15 is 0 Å². The van der Waals surface area contributed by atoms with Crippen molar-refractivity contribution in [2.75, 3.05) is 0 Å². The molecule has 0 saturated carbocycles. The number of hydrogen-bond acceptors (Lipinski definition) is 4. The van der Waals surface area contributed by atoms with E-state index in [-0.39, 0.29) is 18.0 Å². The largest absolute Gasteiger partial charge is 0.294 e. The summed E-state index contributed by atoms with van der Waals surface area (Å²) in [5, 5.41) is 0. The van der Waals surface area contributed by atoms with Gasteiger partial charge in [0, 0.05) is 35.0 Å². The molecule has 0 spiro atoms. The van der Waals surface area contributed by atoms with Crippen molar-refractivity contribution in [1.29, 1.82) is 0 Å². The molecule has 3 rings (SSSR count). The smallest absolute Gasteiger partial charge is 0.170 e. The number of hydrogen-bond donors (Lipinski definition) is 0. The molecule has 116 valence electrons. The lowest BCUT2D eigenvalue weighted by molar-refractivity contribution is -0.121. The number of thiophene rings is 1. The average molecular weight is 323 g/mol. The van der Waals surface area contributed by atoms with E-state index in [9.17, 15) is 9.59 Å². The van der Waals surface area contributed by atoms with Gasteiger partial charge in [-0.1, -0.05) is 6.08 Å². The number of aryl methyl sites for hydroxylation is 2. The molecule has 0 radical (unpaired) electrons. The Hall–Kier alpha value is -2.33. The van der Waals surface area contributed by atoms with E-state index in [0.29, 0.717) is 18.4 Å². The van der Waals surface area contributed by atoms with Gasteiger partial charge in [-0.2, -0.15) is 0 Å². The molecule has 0 bridgehead atoms. The molecule has 0 saturated heterocycles. The molecule has 0 fully saturated rings. The first-order valence-corrected chi connectivity index (χ1v) is 8.39. The fourth-order valence-electron chi connectivity index (χ4n) is 2.58. The summed E-state index contributed by atoms with van der Waals surface area (Å²) in [6, 6.07) is 7.87. The topological polar surface area (TPSA) is 47.0 Å². The van der Waals surface area contributed by atoms with E-state index in [1.54, 1.807) is 29.8 Å². The second kappa shape index (κ2) is 6.84. The standard InChI is InChI=1S/C19H17NO2S/c1-13-2-4-16(23-13)5-7-19(22)17-12-15(3-6-18(17)21)14-8-10-20-11-9-14/h2-4,8-12H,5-7H2,1H3. The van der Waals surface area contributed by atoms with Gasteiger partial charge in [0.2, 0.25) is 0 Å². The van der Waals surface area contributed by atoms with Gasteiger partial charge in [-0.3, -0.25) is 14.6 Å². The monoisotopic (exact) mass is 323 g/mol. The highest BCUT2D eigenvalue weighted by atomic mass is 32.1. The van der Waals surface area contributed by atoms with Crippen LogP contribution in [0, 0.1) is 6.92 Å². The first-order valence-electron chi connectivity index (χ1n) is 7.57. The normalized spacial score (nSPS) is 14.4. The Balaban J connectivity index is 1.74. The van der Waals surface area contributed by atoms with Crippen molar-refractivity contribution in [2.24, 2.45) is 0 Å². The highest BCUT2D eigenvalue weighted by Crippen LogP contribution is 2.25. The summed E-state index contributed by atoms with van der Waals surface area (Å²) < 4.78 is 0. The van der Waals surface area contributed by atoms with E-state index in [4.69, 9.17) is 0 Å². The maximum absolute atomic E-state index is 12.4. The van der Waals surface area contributed by atoms with Gasteiger partial charge < -0.3 is 0 Å². The zero-order valence-corrected chi connectivity index (χ0v) is 13.7. The Bertz CT molecular complexity index is 800. The van der Waals surface area contributed by atoms with Gasteiger partial charge in [0.15, 0.2) is 11.6 Å². The van der Waals surface area contributed by atoms with Crippen molar-refractivity contribution in [1.82, 2.24) is 4.98 Å². The summed E-state index contributed by atoms with van der Waals surface area (Å²) in [5.41, 5.74) is 2.22. The molecule has 0 N–H and O–H groups in total. The van der Waals surface area contributed by atoms with E-state index in [1.165, 1.54) is 9.75 Å². The van der Waals surface area contributed by atoms with E-state index < -0.39 is 0 Å². The molecular weight excluding hydrogens is 306 g/mol. The van der Waals surface area contributed by atoms with E-state index in [0.717, 1.165) is 11.1 Å². The Morgan fingerprint density at radius 2 is 2.00 bits per heavy atom. The highest BCUT2D eigenvalue weighted by molar-refractivity contribution is 7.11. The van der Waals surface area contributed by atoms with Crippen LogP contribution in [0.2, 0.25) is 0 Å². The van der Waals surface area contributed by atoms with Crippen LogP contribution in [0.5, 0.6) is 0 Å². The van der Waals surface area contributed by atoms with Crippen LogP contribution < -0.4 is 0 Å². The summed E-state index contributed by atoms with van der Waals surface area (Å²) in [6.07, 6.45) is 8.37. The number of ketones is 2. The predicted molar refractivity (Wildman–Crippen MR) is 92.3 cm³/mol. The van der Waals surface area contributed by atoms with Crippen LogP contribution in [0.4, 0.5) is 0 Å². The Labute approximate surface area is 139 Å². The minimum absolute atomic E-state index is 0.0688. The van der Waals surface area contributed by atoms with E-state index in [2.05, 4.69) is 18.0 Å². The fourth-order valence-corrected chi connectivity index (χ4v) is 3.47. The SMILES string of the molecule is Cc1ccc(CCC(=O)C2=CC(c3ccncc3)=CCC2=O)s1. The van der Waals surface area contributed by atoms with Gasteiger partial charge in [-0.15, -0.1) is 11.3 Å². The maximum Gasteiger partial charge on any atom is 0.170 e. The van der Waals surface area contributed by atoms with Gasteiger partial charge in [0.05, 0.1) is 5.57 Å². The van der Waals surface area contributed by atoms with Crippen LogP contribution in [0.1, 0.15) is 28.2 Å². The molecule has 2 heterocycles. The molecule has 0 amide bonds. The van der Waals surface area contributed by atoms with Crippen molar-refractivity contribution in [3.05, 3.63) is 69.7 Å². The third-order valence-corrected chi connectivity index (χ3v) is 4.88. The van der Waals surface area contributed by atoms with Gasteiger partial charge >= 0.3 is 0 Å². The summed E-state index contributed by atoms with van der Waals surface area (Å²) in [6.45, 7) is 2.05. The summed E-state index contributed by atoms with van der Waals surface area (Å²) >= 11 is 1.70. The number of carbonyl (C=O) groups is 2. The lowest BCUT2D eigenvalue weighted by Gasteiger charge is -2.12. The van der Waals surface area contributed by atoms with Crippen molar-refractivity contribution < 1.29 is 9.59 Å². The number of rotatable bonds is 5. The second-order valence-corrected chi connectivity index (χ2v) is 6.89. The van der Waals surface area contributed by atoms with Crippen molar-refractivity contribution in [3.8, 4) is 0 Å².